The zero-order valence-corrected chi connectivity index (χ0v) is 21.7. The molecule has 2 N–H and O–H groups in total. The van der Waals surface area contributed by atoms with Crippen LogP contribution in [-0.2, 0) is 16.4 Å². The number of hydrogen-bond acceptors (Lipinski definition) is 5. The molecule has 1 fully saturated rings. The van der Waals surface area contributed by atoms with Crippen LogP contribution in [0, 0.1) is 0 Å². The lowest BCUT2D eigenvalue weighted by atomic mass is 10.1. The zero-order chi connectivity index (χ0) is 21.4. The summed E-state index contributed by atoms with van der Waals surface area (Å²) in [5.74, 6) is 1.09. The van der Waals surface area contributed by atoms with Crippen LogP contribution in [0.15, 0.2) is 41.4 Å². The maximum Gasteiger partial charge on any atom is 0.191 e. The van der Waals surface area contributed by atoms with Crippen molar-refractivity contribution >= 4 is 45.5 Å². The van der Waals surface area contributed by atoms with Crippen LogP contribution in [-0.4, -0.2) is 76.6 Å². The van der Waals surface area contributed by atoms with Gasteiger partial charge in [-0.25, -0.2) is 13.4 Å². The minimum absolute atomic E-state index is 0. The number of hydrogen-bond donors (Lipinski definition) is 2. The molecule has 0 bridgehead atoms. The molecule has 2 aliphatic rings. The Hall–Kier alpha value is -1.33. The van der Waals surface area contributed by atoms with Gasteiger partial charge in [0.05, 0.1) is 12.3 Å². The standard InChI is InChI=1S/C22H35N5O2S.HI/c1-3-23-22(25-20-9-13-26(14-10-20)15-16-30(2,28)29)24-18-19-7-6-8-21(17-19)27-11-4-5-12-27;/h4-8,17,20H,3,9-16,18H2,1-2H3,(H2,23,24,25);1H. The van der Waals surface area contributed by atoms with Gasteiger partial charge in [-0.05, 0) is 37.5 Å². The van der Waals surface area contributed by atoms with Gasteiger partial charge in [0.15, 0.2) is 5.96 Å². The molecule has 7 nitrogen and oxygen atoms in total. The fraction of sp³-hybridized carbons (Fsp3) is 0.591. The summed E-state index contributed by atoms with van der Waals surface area (Å²) in [6, 6.07) is 8.96. The molecule has 31 heavy (non-hydrogen) atoms. The third-order valence-corrected chi connectivity index (χ3v) is 6.49. The van der Waals surface area contributed by atoms with Crippen molar-refractivity contribution < 1.29 is 8.42 Å². The van der Waals surface area contributed by atoms with Crippen LogP contribution < -0.4 is 15.5 Å². The number of piperidine rings is 1. The number of halogens is 1. The first-order valence-electron chi connectivity index (χ1n) is 10.9. The maximum absolute atomic E-state index is 11.4. The van der Waals surface area contributed by atoms with Gasteiger partial charge < -0.3 is 20.4 Å². The fourth-order valence-electron chi connectivity index (χ4n) is 3.82. The van der Waals surface area contributed by atoms with Gasteiger partial charge in [0.25, 0.3) is 0 Å². The van der Waals surface area contributed by atoms with Gasteiger partial charge in [0.2, 0.25) is 0 Å². The largest absolute Gasteiger partial charge is 0.364 e. The van der Waals surface area contributed by atoms with E-state index in [-0.39, 0.29) is 29.7 Å². The number of likely N-dealkylation sites (tertiary alicyclic amines) is 1. The highest BCUT2D eigenvalue weighted by molar-refractivity contribution is 14.0. The SMILES string of the molecule is CCNC(=NCc1cccc(N2CC=CC2)c1)NC1CCN(CCS(C)(=O)=O)CC1.I. The average molecular weight is 562 g/mol. The first-order chi connectivity index (χ1) is 14.4. The number of guanidine groups is 1. The smallest absolute Gasteiger partial charge is 0.191 e. The first kappa shape index (κ1) is 25.9. The third-order valence-electron chi connectivity index (χ3n) is 5.56. The van der Waals surface area contributed by atoms with Gasteiger partial charge in [0, 0.05) is 57.3 Å². The van der Waals surface area contributed by atoms with Gasteiger partial charge in [-0.15, -0.1) is 24.0 Å². The van der Waals surface area contributed by atoms with Crippen molar-refractivity contribution in [2.24, 2.45) is 4.99 Å². The van der Waals surface area contributed by atoms with E-state index in [4.69, 9.17) is 4.99 Å². The second-order valence-electron chi connectivity index (χ2n) is 8.13. The topological polar surface area (TPSA) is 77.0 Å². The Morgan fingerprint density at radius 1 is 1.19 bits per heavy atom. The van der Waals surface area contributed by atoms with Crippen molar-refractivity contribution in [3.8, 4) is 0 Å². The van der Waals surface area contributed by atoms with Gasteiger partial charge in [-0.2, -0.15) is 0 Å². The monoisotopic (exact) mass is 561 g/mol. The van der Waals surface area contributed by atoms with E-state index in [0.717, 1.165) is 51.5 Å². The van der Waals surface area contributed by atoms with Crippen LogP contribution in [0.2, 0.25) is 0 Å². The van der Waals surface area contributed by atoms with Gasteiger partial charge >= 0.3 is 0 Å². The van der Waals surface area contributed by atoms with Crippen LogP contribution in [0.25, 0.3) is 0 Å². The summed E-state index contributed by atoms with van der Waals surface area (Å²) in [4.78, 5) is 9.38. The molecule has 0 aliphatic carbocycles. The molecule has 1 aromatic rings. The molecular formula is C22H36IN5O2S. The molecule has 0 atom stereocenters. The van der Waals surface area contributed by atoms with Crippen LogP contribution in [0.1, 0.15) is 25.3 Å². The van der Waals surface area contributed by atoms with Gasteiger partial charge in [-0.3, -0.25) is 0 Å². The summed E-state index contributed by atoms with van der Waals surface area (Å²) in [6.07, 6.45) is 7.68. The van der Waals surface area contributed by atoms with E-state index >= 15 is 0 Å². The van der Waals surface area contributed by atoms with Crippen molar-refractivity contribution in [1.29, 1.82) is 0 Å². The summed E-state index contributed by atoms with van der Waals surface area (Å²) in [5.41, 5.74) is 2.44. The predicted octanol–water partition coefficient (Wildman–Crippen LogP) is 2.24. The second kappa shape index (κ2) is 12.6. The molecule has 0 aromatic heterocycles. The Kier molecular flexibility index (Phi) is 10.6. The molecule has 9 heteroatoms. The summed E-state index contributed by atoms with van der Waals surface area (Å²) in [5, 5.41) is 6.91. The molecule has 0 spiro atoms. The fourth-order valence-corrected chi connectivity index (χ4v) is 4.41. The number of rotatable bonds is 8. The van der Waals surface area contributed by atoms with Crippen LogP contribution in [0.4, 0.5) is 5.69 Å². The minimum Gasteiger partial charge on any atom is -0.364 e. The van der Waals surface area contributed by atoms with E-state index in [1.165, 1.54) is 17.5 Å². The molecule has 1 aromatic carbocycles. The van der Waals surface area contributed by atoms with Crippen LogP contribution in [0.3, 0.4) is 0 Å². The number of sulfone groups is 1. The lowest BCUT2D eigenvalue weighted by Crippen LogP contribution is -2.49. The molecule has 3 rings (SSSR count). The Labute approximate surface area is 204 Å². The van der Waals surface area contributed by atoms with Crippen molar-refractivity contribution in [2.45, 2.75) is 32.4 Å². The van der Waals surface area contributed by atoms with Crippen LogP contribution >= 0.6 is 24.0 Å². The normalized spacial score (nSPS) is 18.1. The highest BCUT2D eigenvalue weighted by Crippen LogP contribution is 2.19. The molecule has 0 radical (unpaired) electrons. The number of nitrogens with zero attached hydrogens (tertiary/aromatic N) is 3. The zero-order valence-electron chi connectivity index (χ0n) is 18.6. The number of aliphatic imine (C=N–C) groups is 1. The number of anilines is 1. The lowest BCUT2D eigenvalue weighted by Gasteiger charge is -2.32. The van der Waals surface area contributed by atoms with E-state index < -0.39 is 9.84 Å². The Morgan fingerprint density at radius 2 is 1.90 bits per heavy atom. The summed E-state index contributed by atoms with van der Waals surface area (Å²) >= 11 is 0. The Balaban J connectivity index is 0.00000341. The molecule has 0 saturated carbocycles. The van der Waals surface area contributed by atoms with Crippen molar-refractivity contribution in [1.82, 2.24) is 15.5 Å². The molecule has 0 amide bonds. The molecule has 1 saturated heterocycles. The number of benzene rings is 1. The molecule has 2 aliphatic heterocycles. The maximum atomic E-state index is 11.4. The van der Waals surface area contributed by atoms with Crippen molar-refractivity contribution in [3.63, 3.8) is 0 Å². The van der Waals surface area contributed by atoms with E-state index in [0.29, 0.717) is 19.1 Å². The van der Waals surface area contributed by atoms with Gasteiger partial charge in [-0.1, -0.05) is 24.3 Å². The highest BCUT2D eigenvalue weighted by atomic mass is 127. The third kappa shape index (κ3) is 8.97. The molecule has 0 unspecified atom stereocenters. The predicted molar refractivity (Wildman–Crippen MR) is 140 cm³/mol. The second-order valence-corrected chi connectivity index (χ2v) is 10.4. The van der Waals surface area contributed by atoms with Crippen molar-refractivity contribution in [2.75, 3.05) is 56.2 Å². The Morgan fingerprint density at radius 3 is 2.55 bits per heavy atom. The lowest BCUT2D eigenvalue weighted by molar-refractivity contribution is 0.216. The summed E-state index contributed by atoms with van der Waals surface area (Å²) in [7, 11) is -2.90. The molecule has 174 valence electrons. The number of nitrogens with one attached hydrogen (secondary N) is 2. The first-order valence-corrected chi connectivity index (χ1v) is 12.9. The quantitative estimate of drug-likeness (QED) is 0.220. The summed E-state index contributed by atoms with van der Waals surface area (Å²) < 4.78 is 22.7. The molecular weight excluding hydrogens is 525 g/mol. The van der Waals surface area contributed by atoms with E-state index in [1.807, 2.05) is 0 Å². The van der Waals surface area contributed by atoms with Gasteiger partial charge in [0.1, 0.15) is 9.84 Å². The summed E-state index contributed by atoms with van der Waals surface area (Å²) in [6.45, 7) is 7.93. The van der Waals surface area contributed by atoms with E-state index in [1.54, 1.807) is 0 Å². The minimum atomic E-state index is -2.90. The van der Waals surface area contributed by atoms with Crippen LogP contribution in [0.5, 0.6) is 0 Å². The van der Waals surface area contributed by atoms with E-state index in [9.17, 15) is 8.42 Å². The van der Waals surface area contributed by atoms with E-state index in [2.05, 4.69) is 63.8 Å². The average Bonchev–Trinajstić information content (AvgIpc) is 3.26. The van der Waals surface area contributed by atoms with Crippen molar-refractivity contribution in [3.05, 3.63) is 42.0 Å². The Bertz CT molecular complexity index is 843. The molecule has 2 heterocycles. The highest BCUT2D eigenvalue weighted by Gasteiger charge is 2.20.